The van der Waals surface area contributed by atoms with Crippen LogP contribution in [0.3, 0.4) is 0 Å². The minimum Gasteiger partial charge on any atom is -0.351 e. The van der Waals surface area contributed by atoms with Crippen LogP contribution in [-0.2, 0) is 23.3 Å². The van der Waals surface area contributed by atoms with Crippen molar-refractivity contribution in [1.29, 1.82) is 0 Å². The number of hydrogen-bond acceptors (Lipinski definition) is 2. The number of nitrogens with zero attached hydrogens (tertiary/aromatic N) is 1. The summed E-state index contributed by atoms with van der Waals surface area (Å²) in [6.45, 7) is 4.66. The molecule has 3 rings (SSSR count). The van der Waals surface area contributed by atoms with Gasteiger partial charge in [0.1, 0.15) is 0 Å². The van der Waals surface area contributed by atoms with Crippen molar-refractivity contribution >= 4 is 17.5 Å². The molecule has 2 aromatic rings. The van der Waals surface area contributed by atoms with Crippen molar-refractivity contribution in [1.82, 2.24) is 10.2 Å². The van der Waals surface area contributed by atoms with Gasteiger partial charge in [-0.3, -0.25) is 4.79 Å². The number of hydrogen-bond donors (Lipinski definition) is 1. The second kappa shape index (κ2) is 7.59. The first-order valence-corrected chi connectivity index (χ1v) is 9.22. The summed E-state index contributed by atoms with van der Waals surface area (Å²) in [5, 5.41) is 3.83. The van der Waals surface area contributed by atoms with E-state index in [2.05, 4.69) is 48.5 Å². The molecule has 0 spiro atoms. The Morgan fingerprint density at radius 3 is 2.48 bits per heavy atom. The van der Waals surface area contributed by atoms with E-state index in [9.17, 15) is 4.79 Å². The molecule has 2 aromatic carbocycles. The molecule has 1 saturated carbocycles. The van der Waals surface area contributed by atoms with Crippen molar-refractivity contribution in [2.24, 2.45) is 0 Å². The average molecular weight is 357 g/mol. The van der Waals surface area contributed by atoms with Crippen LogP contribution in [-0.4, -0.2) is 24.4 Å². The Bertz CT molecular complexity index is 738. The molecular weight excluding hydrogens is 332 g/mol. The van der Waals surface area contributed by atoms with Crippen molar-refractivity contribution in [3.63, 3.8) is 0 Å². The molecule has 4 heteroatoms. The third kappa shape index (κ3) is 4.23. The van der Waals surface area contributed by atoms with E-state index in [1.807, 2.05) is 24.3 Å². The third-order valence-electron chi connectivity index (χ3n) is 5.02. The molecule has 0 heterocycles. The Balaban J connectivity index is 1.63. The van der Waals surface area contributed by atoms with Crippen molar-refractivity contribution < 1.29 is 4.79 Å². The zero-order chi connectivity index (χ0) is 17.9. The Morgan fingerprint density at radius 1 is 1.16 bits per heavy atom. The first kappa shape index (κ1) is 18.0. The molecule has 25 heavy (non-hydrogen) atoms. The van der Waals surface area contributed by atoms with Gasteiger partial charge in [0.25, 0.3) is 0 Å². The van der Waals surface area contributed by atoms with E-state index in [4.69, 9.17) is 11.6 Å². The van der Waals surface area contributed by atoms with E-state index >= 15 is 0 Å². The van der Waals surface area contributed by atoms with Crippen molar-refractivity contribution in [3.8, 4) is 0 Å². The number of carbonyl (C=O) groups excluding carboxylic acids is 1. The highest BCUT2D eigenvalue weighted by Crippen LogP contribution is 2.48. The third-order valence-corrected chi connectivity index (χ3v) is 5.27. The van der Waals surface area contributed by atoms with E-state index in [0.29, 0.717) is 11.6 Å². The van der Waals surface area contributed by atoms with Crippen LogP contribution in [0.2, 0.25) is 5.02 Å². The molecule has 1 aliphatic rings. The van der Waals surface area contributed by atoms with Gasteiger partial charge in [-0.2, -0.15) is 0 Å². The van der Waals surface area contributed by atoms with E-state index in [1.165, 1.54) is 5.56 Å². The molecule has 132 valence electrons. The minimum absolute atomic E-state index is 0.117. The highest BCUT2D eigenvalue weighted by atomic mass is 35.5. The van der Waals surface area contributed by atoms with Crippen LogP contribution in [0, 0.1) is 0 Å². The molecule has 0 saturated heterocycles. The van der Waals surface area contributed by atoms with Crippen LogP contribution in [0.15, 0.2) is 48.5 Å². The Labute approximate surface area is 155 Å². The molecule has 0 radical (unpaired) electrons. The van der Waals surface area contributed by atoms with E-state index in [-0.39, 0.29) is 11.3 Å². The lowest BCUT2D eigenvalue weighted by Crippen LogP contribution is -2.34. The monoisotopic (exact) mass is 356 g/mol. The summed E-state index contributed by atoms with van der Waals surface area (Å²) in [5.74, 6) is 0.117. The molecule has 1 amide bonds. The normalized spacial score (nSPS) is 15.2. The standard InChI is InChI=1S/C21H25ClN2O/c1-3-24(2)15-17-6-4-5-16(13-17)14-23-20(25)21(11-12-21)18-7-9-19(22)10-8-18/h4-10,13H,3,11-12,14-15H2,1-2H3,(H,23,25). The SMILES string of the molecule is CCN(C)Cc1cccc(CNC(=O)C2(c3ccc(Cl)cc3)CC2)c1. The minimum atomic E-state index is -0.357. The van der Waals surface area contributed by atoms with Gasteiger partial charge in [0.2, 0.25) is 5.91 Å². The summed E-state index contributed by atoms with van der Waals surface area (Å²) >= 11 is 5.96. The van der Waals surface area contributed by atoms with Crippen molar-refractivity contribution in [2.75, 3.05) is 13.6 Å². The summed E-state index contributed by atoms with van der Waals surface area (Å²) in [4.78, 5) is 15.0. The summed E-state index contributed by atoms with van der Waals surface area (Å²) in [7, 11) is 2.11. The number of halogens is 1. The quantitative estimate of drug-likeness (QED) is 0.808. The number of rotatable bonds is 7. The average Bonchev–Trinajstić information content (AvgIpc) is 3.42. The molecule has 0 aromatic heterocycles. The van der Waals surface area contributed by atoms with Gasteiger partial charge in [0, 0.05) is 18.1 Å². The van der Waals surface area contributed by atoms with E-state index in [0.717, 1.165) is 37.1 Å². The first-order chi connectivity index (χ1) is 12.0. The molecule has 1 fully saturated rings. The predicted octanol–water partition coefficient (Wildman–Crippen LogP) is 4.14. The van der Waals surface area contributed by atoms with Crippen LogP contribution in [0.1, 0.15) is 36.5 Å². The molecule has 1 N–H and O–H groups in total. The van der Waals surface area contributed by atoms with Crippen LogP contribution in [0.4, 0.5) is 0 Å². The number of benzene rings is 2. The summed E-state index contributed by atoms with van der Waals surface area (Å²) in [6, 6.07) is 16.1. The zero-order valence-electron chi connectivity index (χ0n) is 14.9. The smallest absolute Gasteiger partial charge is 0.230 e. The predicted molar refractivity (Wildman–Crippen MR) is 103 cm³/mol. The molecule has 0 bridgehead atoms. The number of carbonyl (C=O) groups is 1. The molecule has 0 aliphatic heterocycles. The van der Waals surface area contributed by atoms with Gasteiger partial charge < -0.3 is 10.2 Å². The highest BCUT2D eigenvalue weighted by molar-refractivity contribution is 6.30. The van der Waals surface area contributed by atoms with Crippen LogP contribution >= 0.6 is 11.6 Å². The summed E-state index contributed by atoms with van der Waals surface area (Å²) < 4.78 is 0. The fourth-order valence-electron chi connectivity index (χ4n) is 3.15. The molecular formula is C21H25ClN2O. The van der Waals surface area contributed by atoms with Gasteiger partial charge in [-0.05, 0) is 55.3 Å². The van der Waals surface area contributed by atoms with Crippen molar-refractivity contribution in [2.45, 2.75) is 38.3 Å². The topological polar surface area (TPSA) is 32.3 Å². The molecule has 0 unspecified atom stereocenters. The van der Waals surface area contributed by atoms with Gasteiger partial charge in [-0.25, -0.2) is 0 Å². The van der Waals surface area contributed by atoms with Crippen LogP contribution < -0.4 is 5.32 Å². The van der Waals surface area contributed by atoms with Gasteiger partial charge in [-0.15, -0.1) is 0 Å². The Hall–Kier alpha value is -1.84. The van der Waals surface area contributed by atoms with Gasteiger partial charge in [-0.1, -0.05) is 54.9 Å². The Morgan fingerprint density at radius 2 is 1.84 bits per heavy atom. The van der Waals surface area contributed by atoms with Gasteiger partial charge in [0.05, 0.1) is 5.41 Å². The molecule has 0 atom stereocenters. The van der Waals surface area contributed by atoms with Crippen LogP contribution in [0.5, 0.6) is 0 Å². The second-order valence-electron chi connectivity index (χ2n) is 6.92. The highest BCUT2D eigenvalue weighted by Gasteiger charge is 2.50. The van der Waals surface area contributed by atoms with E-state index in [1.54, 1.807) is 0 Å². The summed E-state index contributed by atoms with van der Waals surface area (Å²) in [5.41, 5.74) is 3.12. The molecule has 1 aliphatic carbocycles. The lowest BCUT2D eigenvalue weighted by molar-refractivity contribution is -0.123. The number of nitrogens with one attached hydrogen (secondary N) is 1. The maximum absolute atomic E-state index is 12.7. The van der Waals surface area contributed by atoms with Gasteiger partial charge >= 0.3 is 0 Å². The first-order valence-electron chi connectivity index (χ1n) is 8.84. The lowest BCUT2D eigenvalue weighted by Gasteiger charge is -2.17. The fourth-order valence-corrected chi connectivity index (χ4v) is 3.28. The van der Waals surface area contributed by atoms with Crippen molar-refractivity contribution in [3.05, 3.63) is 70.2 Å². The van der Waals surface area contributed by atoms with E-state index < -0.39 is 0 Å². The lowest BCUT2D eigenvalue weighted by atomic mass is 9.95. The van der Waals surface area contributed by atoms with Gasteiger partial charge in [0.15, 0.2) is 0 Å². The largest absolute Gasteiger partial charge is 0.351 e. The molecule has 3 nitrogen and oxygen atoms in total. The maximum Gasteiger partial charge on any atom is 0.230 e. The van der Waals surface area contributed by atoms with Crippen LogP contribution in [0.25, 0.3) is 0 Å². The number of amides is 1. The summed E-state index contributed by atoms with van der Waals surface area (Å²) in [6.07, 6.45) is 1.81. The fraction of sp³-hybridized carbons (Fsp3) is 0.381. The second-order valence-corrected chi connectivity index (χ2v) is 7.36. The zero-order valence-corrected chi connectivity index (χ0v) is 15.6. The Kier molecular flexibility index (Phi) is 5.45. The maximum atomic E-state index is 12.7.